The summed E-state index contributed by atoms with van der Waals surface area (Å²) >= 11 is 0. The molecule has 0 aliphatic carbocycles. The normalized spacial score (nSPS) is 12.8. The van der Waals surface area contributed by atoms with Gasteiger partial charge in [-0.2, -0.15) is 0 Å². The summed E-state index contributed by atoms with van der Waals surface area (Å²) in [7, 11) is 0. The van der Waals surface area contributed by atoms with E-state index < -0.39 is 28.8 Å². The van der Waals surface area contributed by atoms with Gasteiger partial charge in [0.05, 0.1) is 6.07 Å². The Morgan fingerprint density at radius 1 is 1.23 bits per heavy atom. The van der Waals surface area contributed by atoms with Crippen molar-refractivity contribution in [2.24, 2.45) is 0 Å². The molecule has 1 aromatic heterocycles. The van der Waals surface area contributed by atoms with Gasteiger partial charge in [0.15, 0.2) is 6.10 Å². The lowest BCUT2D eigenvalue weighted by Gasteiger charge is -2.18. The minimum Gasteiger partial charge on any atom is -0.447 e. The second-order valence-electron chi connectivity index (χ2n) is 5.70. The van der Waals surface area contributed by atoms with Gasteiger partial charge >= 0.3 is 11.9 Å². The van der Waals surface area contributed by atoms with Crippen molar-refractivity contribution in [3.05, 3.63) is 63.9 Å². The fourth-order valence-corrected chi connectivity index (χ4v) is 2.40. The number of carbonyl (C=O) groups excluding carboxylic acids is 2. The van der Waals surface area contributed by atoms with Crippen LogP contribution in [-0.2, 0) is 9.53 Å². The summed E-state index contributed by atoms with van der Waals surface area (Å²) in [5, 5.41) is 13.3. The highest BCUT2D eigenvalue weighted by atomic mass is 16.7. The largest absolute Gasteiger partial charge is 0.447 e. The van der Waals surface area contributed by atoms with E-state index in [2.05, 4.69) is 5.32 Å². The van der Waals surface area contributed by atoms with Crippen LogP contribution in [-0.4, -0.2) is 29.4 Å². The molecule has 0 saturated carbocycles. The highest BCUT2D eigenvalue weighted by molar-refractivity contribution is 5.90. The maximum absolute atomic E-state index is 12.1. The molecular formula is C18H20N2O6. The zero-order chi connectivity index (χ0) is 19.1. The number of amides is 1. The van der Waals surface area contributed by atoms with Crippen LogP contribution in [0.3, 0.4) is 0 Å². The molecule has 0 bridgehead atoms. The van der Waals surface area contributed by atoms with E-state index in [-0.39, 0.29) is 11.7 Å². The monoisotopic (exact) mass is 360 g/mol. The Balaban J connectivity index is 1.88. The fraction of sp³-hybridized carbons (Fsp3) is 0.333. The number of ether oxygens (including phenoxy) is 1. The quantitative estimate of drug-likeness (QED) is 0.440. The van der Waals surface area contributed by atoms with Crippen molar-refractivity contribution in [1.82, 2.24) is 5.32 Å². The zero-order valence-electron chi connectivity index (χ0n) is 14.5. The highest BCUT2D eigenvalue weighted by Gasteiger charge is 2.24. The third-order valence-electron chi connectivity index (χ3n) is 3.91. The van der Waals surface area contributed by atoms with Crippen LogP contribution in [0, 0.1) is 10.1 Å². The van der Waals surface area contributed by atoms with E-state index in [0.717, 1.165) is 24.1 Å². The SMILES string of the molecule is CC[C@H](CNC(=O)[C@@H](C)OC(=O)c1ccc([N+](=O)[O-])o1)c1ccccc1. The number of benzene rings is 1. The van der Waals surface area contributed by atoms with Crippen LogP contribution in [0.25, 0.3) is 0 Å². The smallest absolute Gasteiger partial charge is 0.433 e. The van der Waals surface area contributed by atoms with E-state index in [1.807, 2.05) is 37.3 Å². The lowest BCUT2D eigenvalue weighted by molar-refractivity contribution is -0.402. The Hall–Kier alpha value is -3.16. The number of furan rings is 1. The van der Waals surface area contributed by atoms with Gasteiger partial charge in [-0.15, -0.1) is 0 Å². The molecular weight excluding hydrogens is 340 g/mol. The van der Waals surface area contributed by atoms with Gasteiger partial charge in [-0.1, -0.05) is 37.3 Å². The molecule has 0 fully saturated rings. The first-order valence-corrected chi connectivity index (χ1v) is 8.20. The van der Waals surface area contributed by atoms with Crippen molar-refractivity contribution in [2.75, 3.05) is 6.54 Å². The second-order valence-corrected chi connectivity index (χ2v) is 5.70. The minimum absolute atomic E-state index is 0.149. The molecule has 0 aliphatic heterocycles. The van der Waals surface area contributed by atoms with Gasteiger partial charge in [0, 0.05) is 12.5 Å². The van der Waals surface area contributed by atoms with Crippen LogP contribution < -0.4 is 5.32 Å². The van der Waals surface area contributed by atoms with Gasteiger partial charge in [0.2, 0.25) is 5.76 Å². The van der Waals surface area contributed by atoms with E-state index in [1.54, 1.807) is 0 Å². The van der Waals surface area contributed by atoms with Crippen molar-refractivity contribution in [3.63, 3.8) is 0 Å². The average molecular weight is 360 g/mol. The molecule has 0 aliphatic rings. The Morgan fingerprint density at radius 3 is 2.50 bits per heavy atom. The topological polar surface area (TPSA) is 112 Å². The Bertz CT molecular complexity index is 771. The Morgan fingerprint density at radius 2 is 1.92 bits per heavy atom. The molecule has 1 amide bonds. The summed E-state index contributed by atoms with van der Waals surface area (Å²) in [4.78, 5) is 33.8. The molecule has 0 unspecified atom stereocenters. The van der Waals surface area contributed by atoms with Gasteiger partial charge in [0.1, 0.15) is 4.92 Å². The Labute approximate surface area is 150 Å². The minimum atomic E-state index is -1.06. The number of carbonyl (C=O) groups is 2. The number of hydrogen-bond donors (Lipinski definition) is 1. The van der Waals surface area contributed by atoms with E-state index in [4.69, 9.17) is 9.15 Å². The molecule has 1 aromatic carbocycles. The summed E-state index contributed by atoms with van der Waals surface area (Å²) in [6, 6.07) is 12.0. The van der Waals surface area contributed by atoms with Crippen LogP contribution in [0.4, 0.5) is 5.88 Å². The summed E-state index contributed by atoms with van der Waals surface area (Å²) in [5.41, 5.74) is 1.11. The Kier molecular flexibility index (Phi) is 6.48. The molecule has 2 atom stereocenters. The zero-order valence-corrected chi connectivity index (χ0v) is 14.5. The van der Waals surface area contributed by atoms with Crippen molar-refractivity contribution in [2.45, 2.75) is 32.3 Å². The van der Waals surface area contributed by atoms with Crippen LogP contribution >= 0.6 is 0 Å². The molecule has 8 heteroatoms. The van der Waals surface area contributed by atoms with E-state index in [1.165, 1.54) is 6.92 Å². The summed E-state index contributed by atoms with van der Waals surface area (Å²) in [6.45, 7) is 3.86. The van der Waals surface area contributed by atoms with Crippen LogP contribution in [0.15, 0.2) is 46.9 Å². The maximum Gasteiger partial charge on any atom is 0.433 e. The molecule has 0 spiro atoms. The lowest BCUT2D eigenvalue weighted by Crippen LogP contribution is -2.37. The fourth-order valence-electron chi connectivity index (χ4n) is 2.40. The first-order valence-electron chi connectivity index (χ1n) is 8.20. The maximum atomic E-state index is 12.1. The third kappa shape index (κ3) is 4.92. The van der Waals surface area contributed by atoms with Gasteiger partial charge < -0.3 is 14.5 Å². The second kappa shape index (κ2) is 8.80. The van der Waals surface area contributed by atoms with Crippen LogP contribution in [0.5, 0.6) is 0 Å². The van der Waals surface area contributed by atoms with Crippen molar-refractivity contribution in [3.8, 4) is 0 Å². The van der Waals surface area contributed by atoms with Crippen LogP contribution in [0.1, 0.15) is 42.3 Å². The summed E-state index contributed by atoms with van der Waals surface area (Å²) in [6.07, 6.45) is -0.214. The predicted octanol–water partition coefficient (Wildman–Crippen LogP) is 3.04. The van der Waals surface area contributed by atoms with Gasteiger partial charge in [-0.05, 0) is 25.0 Å². The first-order chi connectivity index (χ1) is 12.4. The van der Waals surface area contributed by atoms with Gasteiger partial charge in [-0.3, -0.25) is 14.9 Å². The molecule has 1 heterocycles. The van der Waals surface area contributed by atoms with Gasteiger partial charge in [0.25, 0.3) is 5.91 Å². The molecule has 2 rings (SSSR count). The summed E-state index contributed by atoms with van der Waals surface area (Å²) < 4.78 is 9.75. The summed E-state index contributed by atoms with van der Waals surface area (Å²) in [5.74, 6) is -2.13. The molecule has 1 N–H and O–H groups in total. The molecule has 0 radical (unpaired) electrons. The number of nitrogens with zero attached hydrogens (tertiary/aromatic N) is 1. The number of nitro groups is 1. The number of esters is 1. The van der Waals surface area contributed by atoms with E-state index >= 15 is 0 Å². The molecule has 138 valence electrons. The van der Waals surface area contributed by atoms with Crippen molar-refractivity contribution < 1.29 is 23.7 Å². The van der Waals surface area contributed by atoms with Crippen molar-refractivity contribution in [1.29, 1.82) is 0 Å². The average Bonchev–Trinajstić information content (AvgIpc) is 3.13. The predicted molar refractivity (Wildman–Crippen MR) is 92.7 cm³/mol. The molecule has 26 heavy (non-hydrogen) atoms. The van der Waals surface area contributed by atoms with Crippen LogP contribution in [0.2, 0.25) is 0 Å². The highest BCUT2D eigenvalue weighted by Crippen LogP contribution is 2.19. The lowest BCUT2D eigenvalue weighted by atomic mass is 9.96. The third-order valence-corrected chi connectivity index (χ3v) is 3.91. The van der Waals surface area contributed by atoms with E-state index in [9.17, 15) is 19.7 Å². The molecule has 2 aromatic rings. The number of nitrogens with one attached hydrogen (secondary N) is 1. The molecule has 8 nitrogen and oxygen atoms in total. The van der Waals surface area contributed by atoms with Crippen molar-refractivity contribution >= 4 is 17.8 Å². The number of rotatable bonds is 8. The first kappa shape index (κ1) is 19.2. The molecule has 0 saturated heterocycles. The van der Waals surface area contributed by atoms with E-state index in [0.29, 0.717) is 6.54 Å². The standard InChI is InChI=1S/C18H20N2O6/c1-3-13(14-7-5-4-6-8-14)11-19-17(21)12(2)25-18(22)15-9-10-16(26-15)20(23)24/h4-10,12-13H,3,11H2,1-2H3,(H,19,21)/t12-,13-/m1/s1. The van der Waals surface area contributed by atoms with Gasteiger partial charge in [-0.25, -0.2) is 4.79 Å². The number of hydrogen-bond acceptors (Lipinski definition) is 6.